The summed E-state index contributed by atoms with van der Waals surface area (Å²) in [7, 11) is 0. The molecular weight excluding hydrogens is 184 g/mol. The first-order valence-electron chi connectivity index (χ1n) is 6.20. The molecule has 0 spiro atoms. The van der Waals surface area contributed by atoms with E-state index in [0.29, 0.717) is 6.04 Å². The van der Waals surface area contributed by atoms with Gasteiger partial charge in [0, 0.05) is 25.7 Å². The Labute approximate surface area is 94.7 Å². The van der Waals surface area contributed by atoms with Crippen LogP contribution < -0.4 is 5.32 Å². The molecule has 1 rings (SSSR count). The monoisotopic (exact) mass is 210 g/mol. The van der Waals surface area contributed by atoms with Crippen molar-refractivity contribution in [1.29, 1.82) is 0 Å². The Bertz CT molecular complexity index is 199. The second-order valence-corrected chi connectivity index (χ2v) is 5.27. The van der Waals surface area contributed by atoms with Gasteiger partial charge in [-0.25, -0.2) is 0 Å². The van der Waals surface area contributed by atoms with Crippen LogP contribution in [0.3, 0.4) is 0 Å². The summed E-state index contributed by atoms with van der Waals surface area (Å²) in [4.78, 5) is 2.54. The van der Waals surface area contributed by atoms with Crippen LogP contribution in [0.5, 0.6) is 0 Å². The average molecular weight is 210 g/mol. The predicted octanol–water partition coefficient (Wildman–Crippen LogP) is 2.27. The molecule has 15 heavy (non-hydrogen) atoms. The van der Waals surface area contributed by atoms with Gasteiger partial charge in [-0.05, 0) is 30.9 Å². The van der Waals surface area contributed by atoms with Crippen molar-refractivity contribution in [2.45, 2.75) is 39.7 Å². The normalized spacial score (nSPS) is 23.3. The average Bonchev–Trinajstić information content (AvgIpc) is 2.15. The van der Waals surface area contributed by atoms with Gasteiger partial charge in [0.15, 0.2) is 0 Å². The number of nitrogens with zero attached hydrogens (tertiary/aromatic N) is 1. The van der Waals surface area contributed by atoms with Gasteiger partial charge in [0.2, 0.25) is 0 Å². The van der Waals surface area contributed by atoms with Crippen LogP contribution in [0.1, 0.15) is 33.6 Å². The summed E-state index contributed by atoms with van der Waals surface area (Å²) in [6.45, 7) is 15.4. The Balaban J connectivity index is 2.19. The quantitative estimate of drug-likeness (QED) is 0.700. The minimum Gasteiger partial charge on any atom is -0.311 e. The summed E-state index contributed by atoms with van der Waals surface area (Å²) in [5, 5.41) is 3.42. The van der Waals surface area contributed by atoms with Crippen molar-refractivity contribution in [3.8, 4) is 0 Å². The van der Waals surface area contributed by atoms with Crippen LogP contribution in [0.4, 0.5) is 0 Å². The molecule has 1 atom stereocenters. The lowest BCUT2D eigenvalue weighted by Gasteiger charge is -2.31. The molecule has 1 aliphatic heterocycles. The van der Waals surface area contributed by atoms with E-state index in [1.165, 1.54) is 31.5 Å². The fourth-order valence-corrected chi connectivity index (χ4v) is 2.15. The fourth-order valence-electron chi connectivity index (χ4n) is 2.15. The van der Waals surface area contributed by atoms with Gasteiger partial charge in [-0.3, -0.25) is 4.90 Å². The van der Waals surface area contributed by atoms with Crippen LogP contribution in [0, 0.1) is 5.92 Å². The molecule has 0 radical (unpaired) electrons. The van der Waals surface area contributed by atoms with E-state index < -0.39 is 0 Å². The molecule has 0 aromatic rings. The number of piperidine rings is 1. The first kappa shape index (κ1) is 12.7. The van der Waals surface area contributed by atoms with Gasteiger partial charge in [-0.15, -0.1) is 0 Å². The number of nitrogens with one attached hydrogen (secondary N) is 1. The first-order chi connectivity index (χ1) is 7.08. The summed E-state index contributed by atoms with van der Waals surface area (Å²) in [5.74, 6) is 0.865. The van der Waals surface area contributed by atoms with E-state index >= 15 is 0 Å². The number of likely N-dealkylation sites (tertiary alicyclic amines) is 1. The summed E-state index contributed by atoms with van der Waals surface area (Å²) in [5.41, 5.74) is 1.32. The van der Waals surface area contributed by atoms with Gasteiger partial charge in [0.05, 0.1) is 0 Å². The lowest BCUT2D eigenvalue weighted by molar-refractivity contribution is 0.197. The fraction of sp³-hybridized carbons (Fsp3) is 0.846. The summed E-state index contributed by atoms with van der Waals surface area (Å²) in [6, 6.07) is 0.557. The third-order valence-electron chi connectivity index (χ3n) is 2.95. The first-order valence-corrected chi connectivity index (χ1v) is 6.20. The highest BCUT2D eigenvalue weighted by atomic mass is 15.1. The van der Waals surface area contributed by atoms with Crippen LogP contribution in [-0.2, 0) is 0 Å². The second kappa shape index (κ2) is 6.29. The molecule has 0 bridgehead atoms. The van der Waals surface area contributed by atoms with Crippen molar-refractivity contribution >= 4 is 0 Å². The molecule has 1 aliphatic rings. The standard InChI is InChI=1S/C13H26N2/c1-11(2)14-8-13(4)10-15-7-5-6-12(3)9-15/h11-12,14H,4-10H2,1-3H3. The molecule has 2 nitrogen and oxygen atoms in total. The molecule has 1 unspecified atom stereocenters. The Morgan fingerprint density at radius 1 is 1.53 bits per heavy atom. The van der Waals surface area contributed by atoms with Crippen molar-refractivity contribution in [2.24, 2.45) is 5.92 Å². The third kappa shape index (κ3) is 5.33. The lowest BCUT2D eigenvalue weighted by atomic mass is 10.00. The minimum absolute atomic E-state index is 0.557. The molecule has 0 aliphatic carbocycles. The van der Waals surface area contributed by atoms with Gasteiger partial charge >= 0.3 is 0 Å². The third-order valence-corrected chi connectivity index (χ3v) is 2.95. The van der Waals surface area contributed by atoms with Crippen molar-refractivity contribution in [3.05, 3.63) is 12.2 Å². The SMILES string of the molecule is C=C(CNC(C)C)CN1CCCC(C)C1. The van der Waals surface area contributed by atoms with Gasteiger partial charge in [-0.1, -0.05) is 27.4 Å². The molecular formula is C13H26N2. The Morgan fingerprint density at radius 3 is 2.87 bits per heavy atom. The van der Waals surface area contributed by atoms with Crippen LogP contribution in [-0.4, -0.2) is 37.1 Å². The highest BCUT2D eigenvalue weighted by molar-refractivity contribution is 5.00. The maximum Gasteiger partial charge on any atom is 0.0202 e. The van der Waals surface area contributed by atoms with Crippen molar-refractivity contribution in [2.75, 3.05) is 26.2 Å². The van der Waals surface area contributed by atoms with Crippen LogP contribution in [0.25, 0.3) is 0 Å². The molecule has 1 heterocycles. The van der Waals surface area contributed by atoms with Crippen LogP contribution >= 0.6 is 0 Å². The number of hydrogen-bond acceptors (Lipinski definition) is 2. The van der Waals surface area contributed by atoms with E-state index in [2.05, 4.69) is 37.6 Å². The molecule has 0 amide bonds. The highest BCUT2D eigenvalue weighted by Gasteiger charge is 2.16. The van der Waals surface area contributed by atoms with Crippen molar-refractivity contribution in [3.63, 3.8) is 0 Å². The maximum atomic E-state index is 4.14. The van der Waals surface area contributed by atoms with E-state index in [1.807, 2.05) is 0 Å². The Morgan fingerprint density at radius 2 is 2.27 bits per heavy atom. The maximum absolute atomic E-state index is 4.14. The molecule has 1 saturated heterocycles. The van der Waals surface area contributed by atoms with Crippen LogP contribution in [0.2, 0.25) is 0 Å². The van der Waals surface area contributed by atoms with E-state index in [1.54, 1.807) is 0 Å². The largest absolute Gasteiger partial charge is 0.311 e. The summed E-state index contributed by atoms with van der Waals surface area (Å²) >= 11 is 0. The number of hydrogen-bond donors (Lipinski definition) is 1. The van der Waals surface area contributed by atoms with E-state index in [4.69, 9.17) is 0 Å². The lowest BCUT2D eigenvalue weighted by Crippen LogP contribution is -2.37. The Hall–Kier alpha value is -0.340. The zero-order chi connectivity index (χ0) is 11.3. The molecule has 2 heteroatoms. The van der Waals surface area contributed by atoms with Gasteiger partial charge in [-0.2, -0.15) is 0 Å². The highest BCUT2D eigenvalue weighted by Crippen LogP contribution is 2.15. The zero-order valence-corrected chi connectivity index (χ0v) is 10.6. The smallest absolute Gasteiger partial charge is 0.0202 e. The Kier molecular flexibility index (Phi) is 5.34. The van der Waals surface area contributed by atoms with Gasteiger partial charge in [0.1, 0.15) is 0 Å². The molecule has 1 N–H and O–H groups in total. The van der Waals surface area contributed by atoms with Gasteiger partial charge < -0.3 is 5.32 Å². The van der Waals surface area contributed by atoms with E-state index in [-0.39, 0.29) is 0 Å². The van der Waals surface area contributed by atoms with E-state index in [0.717, 1.165) is 19.0 Å². The summed E-state index contributed by atoms with van der Waals surface area (Å²) in [6.07, 6.45) is 2.75. The van der Waals surface area contributed by atoms with Crippen molar-refractivity contribution in [1.82, 2.24) is 10.2 Å². The molecule has 0 aromatic heterocycles. The topological polar surface area (TPSA) is 15.3 Å². The molecule has 1 fully saturated rings. The minimum atomic E-state index is 0.557. The predicted molar refractivity (Wildman–Crippen MR) is 67.1 cm³/mol. The molecule has 0 aromatic carbocycles. The second-order valence-electron chi connectivity index (χ2n) is 5.27. The van der Waals surface area contributed by atoms with E-state index in [9.17, 15) is 0 Å². The molecule has 0 saturated carbocycles. The molecule has 88 valence electrons. The summed E-state index contributed by atoms with van der Waals surface area (Å²) < 4.78 is 0. The van der Waals surface area contributed by atoms with Gasteiger partial charge in [0.25, 0.3) is 0 Å². The van der Waals surface area contributed by atoms with Crippen molar-refractivity contribution < 1.29 is 0 Å². The number of rotatable bonds is 5. The zero-order valence-electron chi connectivity index (χ0n) is 10.6. The van der Waals surface area contributed by atoms with Crippen LogP contribution in [0.15, 0.2) is 12.2 Å².